The zero-order valence-electron chi connectivity index (χ0n) is 18.3. The first kappa shape index (κ1) is 22.6. The smallest absolute Gasteiger partial charge is 0.251 e. The van der Waals surface area contributed by atoms with Gasteiger partial charge in [-0.15, -0.1) is 0 Å². The number of carbonyl (C=O) groups excluding carboxylic acids is 2. The number of hydrogen-bond donors (Lipinski definition) is 1. The van der Waals surface area contributed by atoms with Gasteiger partial charge >= 0.3 is 0 Å². The summed E-state index contributed by atoms with van der Waals surface area (Å²) in [6.07, 6.45) is 0.854. The van der Waals surface area contributed by atoms with Gasteiger partial charge in [0.1, 0.15) is 5.75 Å². The molecular formula is C24H30N2O5. The predicted octanol–water partition coefficient (Wildman–Crippen LogP) is 3.35. The van der Waals surface area contributed by atoms with Gasteiger partial charge in [0, 0.05) is 0 Å². The molecule has 0 saturated carbocycles. The van der Waals surface area contributed by atoms with Crippen LogP contribution in [0.1, 0.15) is 32.8 Å². The highest BCUT2D eigenvalue weighted by Crippen LogP contribution is 2.29. The van der Waals surface area contributed by atoms with Gasteiger partial charge in [-0.25, -0.2) is 4.90 Å². The lowest BCUT2D eigenvalue weighted by atomic mass is 10.1. The molecule has 0 radical (unpaired) electrons. The molecule has 7 heteroatoms. The van der Waals surface area contributed by atoms with E-state index in [9.17, 15) is 9.59 Å². The molecule has 2 aromatic carbocycles. The van der Waals surface area contributed by atoms with Crippen molar-refractivity contribution in [3.05, 3.63) is 48.0 Å². The van der Waals surface area contributed by atoms with E-state index in [0.29, 0.717) is 44.2 Å². The average Bonchev–Trinajstić information content (AvgIpc) is 3.04. The zero-order valence-corrected chi connectivity index (χ0v) is 18.3. The van der Waals surface area contributed by atoms with Gasteiger partial charge in [-0.3, -0.25) is 9.59 Å². The number of amides is 2. The molecule has 7 nitrogen and oxygen atoms in total. The number of carbonyl (C=O) groups is 2. The molecule has 0 spiro atoms. The third kappa shape index (κ3) is 5.55. The molecule has 2 aromatic rings. The summed E-state index contributed by atoms with van der Waals surface area (Å²) < 4.78 is 16.7. The summed E-state index contributed by atoms with van der Waals surface area (Å²) in [5.74, 6) is 1.73. The molecule has 1 aliphatic rings. The van der Waals surface area contributed by atoms with Crippen molar-refractivity contribution in [2.45, 2.75) is 39.7 Å². The number of rotatable bonds is 11. The van der Waals surface area contributed by atoms with Crippen molar-refractivity contribution in [3.63, 3.8) is 0 Å². The first-order valence-corrected chi connectivity index (χ1v) is 10.8. The van der Waals surface area contributed by atoms with E-state index in [4.69, 9.17) is 14.2 Å². The summed E-state index contributed by atoms with van der Waals surface area (Å²) in [6.45, 7) is 8.04. The fourth-order valence-corrected chi connectivity index (χ4v) is 3.56. The van der Waals surface area contributed by atoms with Crippen molar-refractivity contribution in [1.82, 2.24) is 5.32 Å². The predicted molar refractivity (Wildman–Crippen MR) is 119 cm³/mol. The minimum absolute atomic E-state index is 0.152. The van der Waals surface area contributed by atoms with E-state index in [1.807, 2.05) is 39.0 Å². The summed E-state index contributed by atoms with van der Waals surface area (Å²) in [5, 5.41) is 3.22. The zero-order chi connectivity index (χ0) is 22.2. The van der Waals surface area contributed by atoms with Gasteiger partial charge in [0.15, 0.2) is 11.5 Å². The first-order chi connectivity index (χ1) is 15.1. The van der Waals surface area contributed by atoms with Crippen LogP contribution in [-0.4, -0.2) is 44.2 Å². The van der Waals surface area contributed by atoms with Crippen LogP contribution >= 0.6 is 0 Å². The molecule has 2 amide bonds. The number of anilines is 1. The van der Waals surface area contributed by atoms with E-state index in [-0.39, 0.29) is 18.2 Å². The SMILES string of the molecule is CCOc1ccc(N2C(=O)C[C@H](NCCc3ccc(OCC)c(OCC)c3)C2=O)cc1. The third-order valence-electron chi connectivity index (χ3n) is 4.96. The van der Waals surface area contributed by atoms with Crippen molar-refractivity contribution in [1.29, 1.82) is 0 Å². The molecule has 1 fully saturated rings. The van der Waals surface area contributed by atoms with Crippen LogP contribution in [0.15, 0.2) is 42.5 Å². The Hall–Kier alpha value is -3.06. The highest BCUT2D eigenvalue weighted by atomic mass is 16.5. The fourth-order valence-electron chi connectivity index (χ4n) is 3.56. The summed E-state index contributed by atoms with van der Waals surface area (Å²) >= 11 is 0. The third-order valence-corrected chi connectivity index (χ3v) is 4.96. The Kier molecular flexibility index (Phi) is 7.89. The van der Waals surface area contributed by atoms with Gasteiger partial charge < -0.3 is 19.5 Å². The summed E-state index contributed by atoms with van der Waals surface area (Å²) in [6, 6.07) is 12.3. The van der Waals surface area contributed by atoms with Crippen LogP contribution < -0.4 is 24.4 Å². The lowest BCUT2D eigenvalue weighted by molar-refractivity contribution is -0.121. The molecule has 0 aromatic heterocycles. The summed E-state index contributed by atoms with van der Waals surface area (Å²) in [7, 11) is 0. The van der Waals surface area contributed by atoms with E-state index in [0.717, 1.165) is 17.1 Å². The maximum absolute atomic E-state index is 12.8. The maximum atomic E-state index is 12.8. The number of imide groups is 1. The quantitative estimate of drug-likeness (QED) is 0.556. The van der Waals surface area contributed by atoms with Crippen LogP contribution in [0.25, 0.3) is 0 Å². The molecule has 1 atom stereocenters. The van der Waals surface area contributed by atoms with Crippen LogP contribution in [0.2, 0.25) is 0 Å². The summed E-state index contributed by atoms with van der Waals surface area (Å²) in [4.78, 5) is 26.5. The van der Waals surface area contributed by atoms with Crippen LogP contribution in [0.3, 0.4) is 0 Å². The number of nitrogens with one attached hydrogen (secondary N) is 1. The second-order valence-electron chi connectivity index (χ2n) is 7.10. The highest BCUT2D eigenvalue weighted by Gasteiger charge is 2.39. The Balaban J connectivity index is 1.58. The second-order valence-corrected chi connectivity index (χ2v) is 7.10. The van der Waals surface area contributed by atoms with Crippen LogP contribution in [0.5, 0.6) is 17.2 Å². The number of nitrogens with zero attached hydrogens (tertiary/aromatic N) is 1. The van der Waals surface area contributed by atoms with Crippen LogP contribution in [-0.2, 0) is 16.0 Å². The van der Waals surface area contributed by atoms with E-state index in [1.165, 1.54) is 4.90 Å². The van der Waals surface area contributed by atoms with E-state index >= 15 is 0 Å². The van der Waals surface area contributed by atoms with Gasteiger partial charge in [0.2, 0.25) is 5.91 Å². The normalized spacial score (nSPS) is 16.0. The van der Waals surface area contributed by atoms with Gasteiger partial charge in [-0.2, -0.15) is 0 Å². The monoisotopic (exact) mass is 426 g/mol. The van der Waals surface area contributed by atoms with Crippen molar-refractivity contribution in [3.8, 4) is 17.2 Å². The fraction of sp³-hybridized carbons (Fsp3) is 0.417. The van der Waals surface area contributed by atoms with Crippen LogP contribution in [0, 0.1) is 0 Å². The van der Waals surface area contributed by atoms with Gasteiger partial charge in [-0.1, -0.05) is 6.07 Å². The van der Waals surface area contributed by atoms with Gasteiger partial charge in [0.05, 0.1) is 38.0 Å². The largest absolute Gasteiger partial charge is 0.494 e. The Labute approximate surface area is 183 Å². The van der Waals surface area contributed by atoms with E-state index < -0.39 is 6.04 Å². The number of hydrogen-bond acceptors (Lipinski definition) is 6. The lowest BCUT2D eigenvalue weighted by Gasteiger charge is -2.16. The molecule has 1 aliphatic heterocycles. The minimum atomic E-state index is -0.520. The average molecular weight is 427 g/mol. The van der Waals surface area contributed by atoms with Crippen LogP contribution in [0.4, 0.5) is 5.69 Å². The molecule has 3 rings (SSSR count). The second kappa shape index (κ2) is 10.8. The van der Waals surface area contributed by atoms with E-state index in [1.54, 1.807) is 24.3 Å². The molecular weight excluding hydrogens is 396 g/mol. The summed E-state index contributed by atoms with van der Waals surface area (Å²) in [5.41, 5.74) is 1.63. The lowest BCUT2D eigenvalue weighted by Crippen LogP contribution is -2.39. The van der Waals surface area contributed by atoms with Crippen molar-refractivity contribution in [2.75, 3.05) is 31.3 Å². The molecule has 1 N–H and O–H groups in total. The van der Waals surface area contributed by atoms with Gasteiger partial charge in [-0.05, 0) is 75.7 Å². The Morgan fingerprint density at radius 1 is 0.903 bits per heavy atom. The van der Waals surface area contributed by atoms with Crippen molar-refractivity contribution in [2.24, 2.45) is 0 Å². The van der Waals surface area contributed by atoms with Crippen molar-refractivity contribution < 1.29 is 23.8 Å². The highest BCUT2D eigenvalue weighted by molar-refractivity contribution is 6.22. The molecule has 31 heavy (non-hydrogen) atoms. The Morgan fingerprint density at radius 2 is 1.58 bits per heavy atom. The first-order valence-electron chi connectivity index (χ1n) is 10.8. The Morgan fingerprint density at radius 3 is 2.26 bits per heavy atom. The standard InChI is InChI=1S/C24H30N2O5/c1-4-29-19-10-8-18(9-11-19)26-23(27)16-20(24(26)28)25-14-13-17-7-12-21(30-5-2)22(15-17)31-6-3/h7-12,15,20,25H,4-6,13-14,16H2,1-3H3/t20-/m0/s1. The topological polar surface area (TPSA) is 77.1 Å². The molecule has 1 heterocycles. The molecule has 0 aliphatic carbocycles. The molecule has 1 saturated heterocycles. The molecule has 0 unspecified atom stereocenters. The molecule has 166 valence electrons. The minimum Gasteiger partial charge on any atom is -0.494 e. The van der Waals surface area contributed by atoms with E-state index in [2.05, 4.69) is 5.32 Å². The number of benzene rings is 2. The Bertz CT molecular complexity index is 897. The van der Waals surface area contributed by atoms with Gasteiger partial charge in [0.25, 0.3) is 5.91 Å². The van der Waals surface area contributed by atoms with Crippen molar-refractivity contribution >= 4 is 17.5 Å². The maximum Gasteiger partial charge on any atom is 0.251 e. The number of ether oxygens (including phenoxy) is 3. The molecule has 0 bridgehead atoms.